The van der Waals surface area contributed by atoms with Crippen LogP contribution in [0.25, 0.3) is 0 Å². The minimum atomic E-state index is -9.39. The van der Waals surface area contributed by atoms with Crippen molar-refractivity contribution >= 4 is 11.6 Å². The van der Waals surface area contributed by atoms with E-state index < -0.39 is 64.9 Å². The minimum Gasteiger partial charge on any atom is -0.192 e. The van der Waals surface area contributed by atoms with E-state index in [0.717, 1.165) is 0 Å². The lowest BCUT2D eigenvalue weighted by Gasteiger charge is -2.44. The van der Waals surface area contributed by atoms with E-state index in [1.54, 1.807) is 0 Å². The Morgan fingerprint density at radius 1 is 0.229 bits per heavy atom. The molecule has 0 saturated heterocycles. The summed E-state index contributed by atoms with van der Waals surface area (Å²) in [7, 11) is 0. The maximum atomic E-state index is 13.3. The third kappa shape index (κ3) is 3.91. The van der Waals surface area contributed by atoms with Crippen LogP contribution in [0.5, 0.6) is 0 Å². The Bertz CT molecular complexity index is 716. The molecule has 212 valence electrons. The molecule has 0 atom stereocenters. The predicted molar refractivity (Wildman–Crippen MR) is 61.4 cm³/mol. The van der Waals surface area contributed by atoms with Crippen LogP contribution in [0.15, 0.2) is 0 Å². The van der Waals surface area contributed by atoms with Crippen molar-refractivity contribution < 1.29 is 101 Å². The summed E-state index contributed by atoms with van der Waals surface area (Å²) in [4.78, 5) is 0. The van der Waals surface area contributed by atoms with Gasteiger partial charge < -0.3 is 0 Å². The molecule has 0 rings (SSSR count). The molecule has 0 spiro atoms. The monoisotopic (exact) mass is 604 g/mol. The normalized spacial score (nSPS) is 17.1. The first kappa shape index (κ1) is 33.7. The number of alkyl halides is 24. The molecule has 0 saturated carbocycles. The number of rotatable bonds is 9. The summed E-state index contributed by atoms with van der Waals surface area (Å²) in [6, 6.07) is 0. The second kappa shape index (κ2) is 7.84. The lowest BCUT2D eigenvalue weighted by atomic mass is 9.86. The van der Waals surface area contributed by atoms with Crippen molar-refractivity contribution in [3.05, 3.63) is 0 Å². The second-order valence-corrected chi connectivity index (χ2v) is 6.64. The number of halogens is 24. The fourth-order valence-corrected chi connectivity index (χ4v) is 1.85. The molecular formula is C11ClF23. The Kier molecular flexibility index (Phi) is 7.54. The molecule has 0 radical (unpaired) electrons. The highest BCUT2D eigenvalue weighted by Crippen LogP contribution is 2.67. The topological polar surface area (TPSA) is 0 Å². The van der Waals surface area contributed by atoms with Gasteiger partial charge in [0.25, 0.3) is 0 Å². The highest BCUT2D eigenvalue weighted by atomic mass is 35.5. The minimum absolute atomic E-state index is 3.21. The van der Waals surface area contributed by atoms with E-state index in [9.17, 15) is 101 Å². The molecule has 0 bridgehead atoms. The zero-order valence-electron chi connectivity index (χ0n) is 14.6. The van der Waals surface area contributed by atoms with Crippen LogP contribution in [-0.4, -0.2) is 64.9 Å². The third-order valence-corrected chi connectivity index (χ3v) is 4.10. The summed E-state index contributed by atoms with van der Waals surface area (Å²) in [6.07, 6.45) is -8.08. The first-order valence-corrected chi connectivity index (χ1v) is 7.41. The van der Waals surface area contributed by atoms with Crippen LogP contribution in [-0.2, 0) is 0 Å². The molecule has 0 N–H and O–H groups in total. The first-order valence-electron chi connectivity index (χ1n) is 7.04. The molecule has 0 amide bonds. The average Bonchev–Trinajstić information content (AvgIpc) is 2.58. The molecule has 0 aromatic rings. The molecule has 0 heterocycles. The lowest BCUT2D eigenvalue weighted by Crippen LogP contribution is -2.77. The van der Waals surface area contributed by atoms with Gasteiger partial charge in [0.15, 0.2) is 0 Å². The summed E-state index contributed by atoms with van der Waals surface area (Å²) >= 11 is 3.21. The molecule has 0 aliphatic carbocycles. The van der Waals surface area contributed by atoms with Crippen molar-refractivity contribution in [2.75, 3.05) is 0 Å². The molecule has 0 unspecified atom stereocenters. The van der Waals surface area contributed by atoms with Gasteiger partial charge in [0.05, 0.1) is 0 Å². The zero-order valence-corrected chi connectivity index (χ0v) is 15.3. The maximum Gasteiger partial charge on any atom is 0.460 e. The molecule has 0 aliphatic rings. The van der Waals surface area contributed by atoms with Crippen LogP contribution in [0.4, 0.5) is 101 Å². The summed E-state index contributed by atoms with van der Waals surface area (Å²) in [5.74, 6) is -80.9. The van der Waals surface area contributed by atoms with Gasteiger partial charge in [0, 0.05) is 0 Å². The summed E-state index contributed by atoms with van der Waals surface area (Å²) in [5.41, 5.74) is 0. The standard InChI is InChI=1S/C11ClF23/c12-10(31,32)8(27,28)6(23,24)4(19,20)2(15,16)1(13,14)3(17,18)5(21,22)7(25,26)9(29,30)11(33,34)35. The Labute approximate surface area is 178 Å². The van der Waals surface area contributed by atoms with E-state index in [-0.39, 0.29) is 0 Å². The van der Waals surface area contributed by atoms with Crippen LogP contribution in [0, 0.1) is 0 Å². The van der Waals surface area contributed by atoms with Gasteiger partial charge in [-0.3, -0.25) is 0 Å². The Morgan fingerprint density at radius 3 is 0.514 bits per heavy atom. The fraction of sp³-hybridized carbons (Fsp3) is 1.00. The van der Waals surface area contributed by atoms with Crippen LogP contribution in [0.3, 0.4) is 0 Å². The molecule has 24 heteroatoms. The van der Waals surface area contributed by atoms with Gasteiger partial charge in [-0.2, -0.15) is 101 Å². The molecule has 0 aromatic carbocycles. The van der Waals surface area contributed by atoms with Gasteiger partial charge in [0.2, 0.25) is 0 Å². The molecule has 0 nitrogen and oxygen atoms in total. The van der Waals surface area contributed by atoms with Crippen LogP contribution >= 0.6 is 11.6 Å². The average molecular weight is 605 g/mol. The maximum absolute atomic E-state index is 13.3. The molecule has 35 heavy (non-hydrogen) atoms. The largest absolute Gasteiger partial charge is 0.460 e. The summed E-state index contributed by atoms with van der Waals surface area (Å²) in [5, 5.41) is -7.14. The Morgan fingerprint density at radius 2 is 0.371 bits per heavy atom. The molecule has 0 aliphatic heterocycles. The predicted octanol–water partition coefficient (Wildman–Crippen LogP) is 8.10. The third-order valence-electron chi connectivity index (χ3n) is 3.87. The van der Waals surface area contributed by atoms with Gasteiger partial charge in [-0.05, 0) is 11.6 Å². The quantitative estimate of drug-likeness (QED) is 0.184. The van der Waals surface area contributed by atoms with Gasteiger partial charge in [-0.25, -0.2) is 0 Å². The fourth-order valence-electron chi connectivity index (χ4n) is 1.74. The summed E-state index contributed by atoms with van der Waals surface area (Å²) < 4.78 is 295. The van der Waals surface area contributed by atoms with E-state index in [1.807, 2.05) is 0 Å². The zero-order chi connectivity index (χ0) is 29.5. The smallest absolute Gasteiger partial charge is 0.192 e. The van der Waals surface area contributed by atoms with Crippen molar-refractivity contribution in [3.8, 4) is 0 Å². The van der Waals surface area contributed by atoms with Crippen molar-refractivity contribution in [3.63, 3.8) is 0 Å². The van der Waals surface area contributed by atoms with E-state index in [2.05, 4.69) is 11.6 Å². The van der Waals surface area contributed by atoms with Crippen LogP contribution in [0.2, 0.25) is 0 Å². The van der Waals surface area contributed by atoms with E-state index in [4.69, 9.17) is 0 Å². The van der Waals surface area contributed by atoms with E-state index in [1.165, 1.54) is 0 Å². The van der Waals surface area contributed by atoms with Crippen LogP contribution in [0.1, 0.15) is 0 Å². The Balaban J connectivity index is 7.15. The van der Waals surface area contributed by atoms with Crippen LogP contribution < -0.4 is 0 Å². The van der Waals surface area contributed by atoms with E-state index in [0.29, 0.717) is 0 Å². The van der Waals surface area contributed by atoms with E-state index >= 15 is 0 Å². The number of hydrogen-bond donors (Lipinski definition) is 0. The van der Waals surface area contributed by atoms with Crippen molar-refractivity contribution in [1.29, 1.82) is 0 Å². The number of hydrogen-bond acceptors (Lipinski definition) is 0. The van der Waals surface area contributed by atoms with Gasteiger partial charge in [0.1, 0.15) is 0 Å². The summed E-state index contributed by atoms with van der Waals surface area (Å²) in [6.45, 7) is 0. The first-order chi connectivity index (χ1) is 14.5. The highest BCUT2D eigenvalue weighted by Gasteiger charge is 2.98. The van der Waals surface area contributed by atoms with Gasteiger partial charge >= 0.3 is 64.9 Å². The molecular weight excluding hydrogens is 605 g/mol. The van der Waals surface area contributed by atoms with Gasteiger partial charge in [-0.1, -0.05) is 0 Å². The SMILES string of the molecule is FC(F)(F)C(F)(F)C(F)(F)C(F)(F)C(F)(F)C(F)(F)C(F)(F)C(F)(F)C(F)(F)C(F)(F)C(F)(F)Cl. The highest BCUT2D eigenvalue weighted by molar-refractivity contribution is 6.22. The second-order valence-electron chi connectivity index (χ2n) is 6.17. The van der Waals surface area contributed by atoms with Crippen molar-refractivity contribution in [1.82, 2.24) is 0 Å². The molecule has 0 aromatic heterocycles. The van der Waals surface area contributed by atoms with Crippen molar-refractivity contribution in [2.24, 2.45) is 0 Å². The molecule has 0 fully saturated rings. The van der Waals surface area contributed by atoms with Crippen molar-refractivity contribution in [2.45, 2.75) is 64.9 Å². The lowest BCUT2D eigenvalue weighted by molar-refractivity contribution is -0.476. The Hall–Kier alpha value is -1.32. The van der Waals surface area contributed by atoms with Gasteiger partial charge in [-0.15, -0.1) is 0 Å².